The van der Waals surface area contributed by atoms with Crippen molar-refractivity contribution in [3.63, 3.8) is 0 Å². The van der Waals surface area contributed by atoms with E-state index in [4.69, 9.17) is 14.2 Å². The van der Waals surface area contributed by atoms with Gasteiger partial charge in [0.15, 0.2) is 6.61 Å². The second-order valence-electron chi connectivity index (χ2n) is 4.49. The van der Waals surface area contributed by atoms with Crippen molar-refractivity contribution < 1.29 is 19.0 Å². The van der Waals surface area contributed by atoms with E-state index in [1.54, 1.807) is 20.3 Å². The molecule has 0 fully saturated rings. The van der Waals surface area contributed by atoms with Gasteiger partial charge in [-0.25, -0.2) is 0 Å². The van der Waals surface area contributed by atoms with Crippen LogP contribution >= 0.6 is 0 Å². The highest BCUT2D eigenvalue weighted by atomic mass is 16.5. The lowest BCUT2D eigenvalue weighted by molar-refractivity contribution is -0.123. The molecule has 6 heteroatoms. The Hall–Kier alpha value is -1.79. The molecule has 0 bridgehead atoms. The molecule has 6 nitrogen and oxygen atoms in total. The summed E-state index contributed by atoms with van der Waals surface area (Å²) in [4.78, 5) is 11.7. The maximum atomic E-state index is 11.7. The Kier molecular flexibility index (Phi) is 8.23. The lowest BCUT2D eigenvalue weighted by Crippen LogP contribution is -2.30. The van der Waals surface area contributed by atoms with Crippen LogP contribution in [0.15, 0.2) is 18.2 Å². The zero-order valence-electron chi connectivity index (χ0n) is 12.9. The minimum Gasteiger partial charge on any atom is -0.497 e. The van der Waals surface area contributed by atoms with Gasteiger partial charge in [0.1, 0.15) is 11.5 Å². The van der Waals surface area contributed by atoms with E-state index in [2.05, 4.69) is 10.6 Å². The van der Waals surface area contributed by atoms with Crippen molar-refractivity contribution in [1.29, 1.82) is 0 Å². The van der Waals surface area contributed by atoms with E-state index in [0.717, 1.165) is 12.0 Å². The molecule has 1 aromatic carbocycles. The van der Waals surface area contributed by atoms with Crippen molar-refractivity contribution in [2.24, 2.45) is 0 Å². The first-order valence-corrected chi connectivity index (χ1v) is 6.91. The van der Waals surface area contributed by atoms with Crippen LogP contribution in [0.2, 0.25) is 0 Å². The number of ether oxygens (including phenoxy) is 3. The van der Waals surface area contributed by atoms with Gasteiger partial charge in [0, 0.05) is 38.4 Å². The number of nitrogens with one attached hydrogen (secondary N) is 2. The molecule has 21 heavy (non-hydrogen) atoms. The highest BCUT2D eigenvalue weighted by Gasteiger charge is 2.08. The number of rotatable bonds is 10. The quantitative estimate of drug-likeness (QED) is 0.629. The number of amides is 1. The van der Waals surface area contributed by atoms with Crippen molar-refractivity contribution in [3.05, 3.63) is 23.8 Å². The summed E-state index contributed by atoms with van der Waals surface area (Å²) in [6.45, 7) is 1.85. The first kappa shape index (κ1) is 17.3. The Morgan fingerprint density at radius 1 is 1.29 bits per heavy atom. The van der Waals surface area contributed by atoms with E-state index >= 15 is 0 Å². The zero-order valence-corrected chi connectivity index (χ0v) is 12.9. The number of hydrogen-bond donors (Lipinski definition) is 2. The lowest BCUT2D eigenvalue weighted by Gasteiger charge is -2.13. The Balaban J connectivity index is 2.50. The van der Waals surface area contributed by atoms with E-state index in [9.17, 15) is 4.79 Å². The Morgan fingerprint density at radius 2 is 2.10 bits per heavy atom. The Bertz CT molecular complexity index is 438. The first-order chi connectivity index (χ1) is 10.2. The molecule has 0 aliphatic rings. The summed E-state index contributed by atoms with van der Waals surface area (Å²) >= 11 is 0. The maximum absolute atomic E-state index is 11.7. The maximum Gasteiger partial charge on any atom is 0.257 e. The zero-order chi connectivity index (χ0) is 15.5. The summed E-state index contributed by atoms with van der Waals surface area (Å²) < 4.78 is 15.7. The fourth-order valence-corrected chi connectivity index (χ4v) is 1.77. The van der Waals surface area contributed by atoms with Crippen molar-refractivity contribution >= 4 is 5.91 Å². The van der Waals surface area contributed by atoms with Crippen molar-refractivity contribution in [2.45, 2.75) is 13.0 Å². The minimum absolute atomic E-state index is 0.0170. The van der Waals surface area contributed by atoms with E-state index in [-0.39, 0.29) is 12.5 Å². The molecule has 0 radical (unpaired) electrons. The highest BCUT2D eigenvalue weighted by molar-refractivity contribution is 5.77. The standard InChI is InChI=1S/C15H24N2O4/c1-16-10-12-5-6-13(20-3)9-14(12)21-11-15(18)17-7-4-8-19-2/h5-6,9,16H,4,7-8,10-11H2,1-3H3,(H,17,18). The molecule has 0 unspecified atom stereocenters. The van der Waals surface area contributed by atoms with E-state index in [1.165, 1.54) is 0 Å². The average molecular weight is 296 g/mol. The van der Waals surface area contributed by atoms with Gasteiger partial charge in [-0.3, -0.25) is 4.79 Å². The summed E-state index contributed by atoms with van der Waals surface area (Å²) in [5, 5.41) is 5.84. The average Bonchev–Trinajstić information content (AvgIpc) is 2.51. The molecule has 1 rings (SSSR count). The fraction of sp³-hybridized carbons (Fsp3) is 0.533. The van der Waals surface area contributed by atoms with Crippen molar-refractivity contribution in [3.8, 4) is 11.5 Å². The van der Waals surface area contributed by atoms with Crippen LogP contribution in [0.3, 0.4) is 0 Å². The molecule has 0 aromatic heterocycles. The van der Waals surface area contributed by atoms with Crippen molar-refractivity contribution in [2.75, 3.05) is 41.0 Å². The second kappa shape index (κ2) is 10.0. The Morgan fingerprint density at radius 3 is 2.76 bits per heavy atom. The first-order valence-electron chi connectivity index (χ1n) is 6.91. The van der Waals surface area contributed by atoms with Crippen LogP contribution in [0.5, 0.6) is 11.5 Å². The van der Waals surface area contributed by atoms with Gasteiger partial charge in [-0.05, 0) is 19.5 Å². The van der Waals surface area contributed by atoms with Crippen LogP contribution in [0.4, 0.5) is 0 Å². The SMILES string of the molecule is CNCc1ccc(OC)cc1OCC(=O)NCCCOC. The van der Waals surface area contributed by atoms with Gasteiger partial charge in [0.2, 0.25) is 0 Å². The highest BCUT2D eigenvalue weighted by Crippen LogP contribution is 2.24. The molecule has 0 spiro atoms. The number of hydrogen-bond acceptors (Lipinski definition) is 5. The molecule has 1 amide bonds. The summed E-state index contributed by atoms with van der Waals surface area (Å²) in [6, 6.07) is 5.57. The summed E-state index contributed by atoms with van der Waals surface area (Å²) in [7, 11) is 5.09. The lowest BCUT2D eigenvalue weighted by atomic mass is 10.2. The topological polar surface area (TPSA) is 68.8 Å². The summed E-state index contributed by atoms with van der Waals surface area (Å²) in [5.41, 5.74) is 0.977. The third-order valence-electron chi connectivity index (χ3n) is 2.85. The Labute approximate surface area is 125 Å². The molecule has 0 saturated heterocycles. The van der Waals surface area contributed by atoms with E-state index in [0.29, 0.717) is 31.2 Å². The molecule has 0 atom stereocenters. The van der Waals surface area contributed by atoms with E-state index < -0.39 is 0 Å². The molecule has 0 saturated carbocycles. The molecule has 2 N–H and O–H groups in total. The second-order valence-corrected chi connectivity index (χ2v) is 4.49. The molecule has 1 aromatic rings. The summed E-state index contributed by atoms with van der Waals surface area (Å²) in [6.07, 6.45) is 0.784. The predicted octanol–water partition coefficient (Wildman–Crippen LogP) is 0.946. The number of methoxy groups -OCH3 is 2. The molecule has 0 aliphatic carbocycles. The molecule has 0 aliphatic heterocycles. The fourth-order valence-electron chi connectivity index (χ4n) is 1.77. The largest absolute Gasteiger partial charge is 0.497 e. The number of carbonyl (C=O) groups is 1. The molecular formula is C15H24N2O4. The van der Waals surface area contributed by atoms with Crippen molar-refractivity contribution in [1.82, 2.24) is 10.6 Å². The predicted molar refractivity (Wildman–Crippen MR) is 80.8 cm³/mol. The molecular weight excluding hydrogens is 272 g/mol. The van der Waals surface area contributed by atoms with Gasteiger partial charge in [-0.15, -0.1) is 0 Å². The van der Waals surface area contributed by atoms with Crippen LogP contribution in [0.1, 0.15) is 12.0 Å². The normalized spacial score (nSPS) is 10.2. The van der Waals surface area contributed by atoms with Crippen LogP contribution in [0, 0.1) is 0 Å². The number of benzene rings is 1. The van der Waals surface area contributed by atoms with Crippen LogP contribution < -0.4 is 20.1 Å². The van der Waals surface area contributed by atoms with Gasteiger partial charge in [0.25, 0.3) is 5.91 Å². The minimum atomic E-state index is -0.149. The van der Waals surface area contributed by atoms with Gasteiger partial charge in [-0.2, -0.15) is 0 Å². The summed E-state index contributed by atoms with van der Waals surface area (Å²) in [5.74, 6) is 1.20. The van der Waals surface area contributed by atoms with Crippen LogP contribution in [0.25, 0.3) is 0 Å². The van der Waals surface area contributed by atoms with Crippen LogP contribution in [-0.2, 0) is 16.1 Å². The van der Waals surface area contributed by atoms with Crippen LogP contribution in [-0.4, -0.2) is 46.9 Å². The third kappa shape index (κ3) is 6.46. The third-order valence-corrected chi connectivity index (χ3v) is 2.85. The van der Waals surface area contributed by atoms with Gasteiger partial charge < -0.3 is 24.8 Å². The van der Waals surface area contributed by atoms with Gasteiger partial charge >= 0.3 is 0 Å². The van der Waals surface area contributed by atoms with Gasteiger partial charge in [0.05, 0.1) is 7.11 Å². The molecule has 118 valence electrons. The van der Waals surface area contributed by atoms with E-state index in [1.807, 2.05) is 19.2 Å². The van der Waals surface area contributed by atoms with Gasteiger partial charge in [-0.1, -0.05) is 6.07 Å². The monoisotopic (exact) mass is 296 g/mol. The smallest absolute Gasteiger partial charge is 0.257 e. The number of carbonyl (C=O) groups excluding carboxylic acids is 1. The molecule has 0 heterocycles.